The molecule has 8 heteroatoms. The first-order valence-electron chi connectivity index (χ1n) is 12.0. The Morgan fingerprint density at radius 3 is 2.47 bits per heavy atom. The monoisotopic (exact) mass is 483 g/mol. The molecule has 1 fully saturated rings. The van der Waals surface area contributed by atoms with Gasteiger partial charge in [-0.15, -0.1) is 0 Å². The van der Waals surface area contributed by atoms with E-state index in [9.17, 15) is 9.90 Å². The minimum absolute atomic E-state index is 0.0681. The summed E-state index contributed by atoms with van der Waals surface area (Å²) in [5, 5.41) is 16.8. The van der Waals surface area contributed by atoms with Crippen LogP contribution in [0.1, 0.15) is 35.2 Å². The van der Waals surface area contributed by atoms with Gasteiger partial charge < -0.3 is 20.9 Å². The van der Waals surface area contributed by atoms with Gasteiger partial charge in [0, 0.05) is 30.6 Å². The maximum Gasteiger partial charge on any atom is 0.255 e. The molecule has 4 aromatic rings. The molecular formula is C28H29N5O3. The minimum Gasteiger partial charge on any atom is -0.508 e. The fraction of sp³-hybridized carbons (Fsp3) is 0.250. The highest BCUT2D eigenvalue weighted by Gasteiger charge is 2.30. The Morgan fingerprint density at radius 1 is 1.06 bits per heavy atom. The van der Waals surface area contributed by atoms with Crippen molar-refractivity contribution in [1.29, 1.82) is 0 Å². The summed E-state index contributed by atoms with van der Waals surface area (Å²) >= 11 is 0. The highest BCUT2D eigenvalue weighted by Crippen LogP contribution is 2.27. The molecule has 36 heavy (non-hydrogen) atoms. The molecule has 2 aromatic heterocycles. The molecule has 5 rings (SSSR count). The van der Waals surface area contributed by atoms with Crippen LogP contribution in [0.2, 0.25) is 0 Å². The van der Waals surface area contributed by atoms with Crippen molar-refractivity contribution < 1.29 is 14.6 Å². The second-order valence-corrected chi connectivity index (χ2v) is 9.16. The van der Waals surface area contributed by atoms with Gasteiger partial charge in [-0.05, 0) is 54.2 Å². The molecule has 2 aromatic carbocycles. The van der Waals surface area contributed by atoms with Gasteiger partial charge in [0.25, 0.3) is 5.91 Å². The van der Waals surface area contributed by atoms with Crippen LogP contribution in [0.4, 0.5) is 5.82 Å². The van der Waals surface area contributed by atoms with Crippen molar-refractivity contribution in [2.24, 2.45) is 7.05 Å². The molecule has 0 radical (unpaired) electrons. The summed E-state index contributed by atoms with van der Waals surface area (Å²) in [6, 6.07) is 17.0. The zero-order valence-corrected chi connectivity index (χ0v) is 20.1. The van der Waals surface area contributed by atoms with E-state index in [1.807, 2.05) is 49.6 Å². The molecule has 184 valence electrons. The number of nitrogens with one attached hydrogen (secondary N) is 1. The summed E-state index contributed by atoms with van der Waals surface area (Å²) in [5.41, 5.74) is 11.2. The van der Waals surface area contributed by atoms with Crippen molar-refractivity contribution in [2.75, 3.05) is 5.73 Å². The largest absolute Gasteiger partial charge is 0.508 e. The number of carbonyl (C=O) groups excluding carboxylic acids is 1. The summed E-state index contributed by atoms with van der Waals surface area (Å²) in [5.74, 6) is 0.205. The average Bonchev–Trinajstić information content (AvgIpc) is 3.52. The van der Waals surface area contributed by atoms with Gasteiger partial charge in [-0.1, -0.05) is 36.4 Å². The lowest BCUT2D eigenvalue weighted by molar-refractivity contribution is 0.0272. The number of hydrogen-bond acceptors (Lipinski definition) is 6. The molecule has 0 bridgehead atoms. The molecule has 2 atom stereocenters. The molecular weight excluding hydrogens is 454 g/mol. The van der Waals surface area contributed by atoms with Gasteiger partial charge in [-0.3, -0.25) is 9.48 Å². The quantitative estimate of drug-likeness (QED) is 0.361. The van der Waals surface area contributed by atoms with Gasteiger partial charge in [0.2, 0.25) is 0 Å². The lowest BCUT2D eigenvalue weighted by Gasteiger charge is -2.22. The SMILES string of the molecule is Cn1cc(-c2cnc(N)c(C(=O)N[C@H]3CCC[C@@H]3OCc3ccc(-c4ccc(O)cc4)cc3)c2)cn1. The van der Waals surface area contributed by atoms with Gasteiger partial charge in [0.05, 0.1) is 30.5 Å². The molecule has 1 saturated carbocycles. The number of aromatic hydroxyl groups is 1. The van der Waals surface area contributed by atoms with E-state index in [-0.39, 0.29) is 29.6 Å². The van der Waals surface area contributed by atoms with Crippen LogP contribution in [0.25, 0.3) is 22.3 Å². The number of nitrogens with zero attached hydrogens (tertiary/aromatic N) is 3. The zero-order valence-electron chi connectivity index (χ0n) is 20.1. The number of nitrogens with two attached hydrogens (primary N) is 1. The summed E-state index contributed by atoms with van der Waals surface area (Å²) in [4.78, 5) is 17.3. The van der Waals surface area contributed by atoms with Crippen LogP contribution >= 0.6 is 0 Å². The Bertz CT molecular complexity index is 1350. The summed E-state index contributed by atoms with van der Waals surface area (Å²) in [6.07, 6.45) is 7.91. The van der Waals surface area contributed by atoms with E-state index in [0.29, 0.717) is 12.2 Å². The first-order valence-corrected chi connectivity index (χ1v) is 12.0. The Kier molecular flexibility index (Phi) is 6.69. The number of aryl methyl sites for hydroxylation is 1. The molecule has 0 spiro atoms. The predicted molar refractivity (Wildman–Crippen MR) is 138 cm³/mol. The van der Waals surface area contributed by atoms with Gasteiger partial charge in [-0.25, -0.2) is 4.98 Å². The summed E-state index contributed by atoms with van der Waals surface area (Å²) in [7, 11) is 1.84. The van der Waals surface area contributed by atoms with E-state index < -0.39 is 0 Å². The number of nitrogen functional groups attached to an aromatic ring is 1. The Balaban J connectivity index is 1.21. The van der Waals surface area contributed by atoms with Gasteiger partial charge in [0.1, 0.15) is 11.6 Å². The molecule has 1 aliphatic carbocycles. The second-order valence-electron chi connectivity index (χ2n) is 9.16. The average molecular weight is 484 g/mol. The number of phenols is 1. The zero-order chi connectivity index (χ0) is 25.1. The van der Waals surface area contributed by atoms with Crippen molar-refractivity contribution >= 4 is 11.7 Å². The first kappa shape index (κ1) is 23.6. The standard InChI is InChI=1S/C28H29N5O3/c1-33-16-22(15-31-33)21-13-24(27(29)30-14-21)28(35)32-25-3-2-4-26(25)36-17-18-5-7-19(8-6-18)20-9-11-23(34)12-10-20/h5-16,25-26,34H,2-4,17H2,1H3,(H2,29,30)(H,32,35)/t25-,26-/m0/s1. The lowest BCUT2D eigenvalue weighted by Crippen LogP contribution is -2.41. The third-order valence-corrected chi connectivity index (χ3v) is 6.59. The number of amides is 1. The third kappa shape index (κ3) is 5.23. The van der Waals surface area contributed by atoms with Crippen LogP contribution in [-0.2, 0) is 18.4 Å². The Labute approximate surface area is 209 Å². The number of hydrogen-bond donors (Lipinski definition) is 3. The highest BCUT2D eigenvalue weighted by atomic mass is 16.5. The second kappa shape index (κ2) is 10.2. The van der Waals surface area contributed by atoms with Gasteiger partial charge in [-0.2, -0.15) is 5.10 Å². The van der Waals surface area contributed by atoms with E-state index in [1.54, 1.807) is 35.3 Å². The minimum atomic E-state index is -0.246. The van der Waals surface area contributed by atoms with Gasteiger partial charge >= 0.3 is 0 Å². The van der Waals surface area contributed by atoms with Crippen LogP contribution in [0, 0.1) is 0 Å². The fourth-order valence-corrected chi connectivity index (χ4v) is 4.57. The first-order chi connectivity index (χ1) is 17.5. The number of carbonyl (C=O) groups is 1. The molecule has 0 unspecified atom stereocenters. The van der Waals surface area contributed by atoms with E-state index in [2.05, 4.69) is 15.4 Å². The third-order valence-electron chi connectivity index (χ3n) is 6.59. The van der Waals surface area contributed by atoms with Crippen molar-refractivity contribution in [3.05, 3.63) is 84.3 Å². The van der Waals surface area contributed by atoms with E-state index >= 15 is 0 Å². The number of pyridine rings is 1. The van der Waals surface area contributed by atoms with Crippen LogP contribution in [-0.4, -0.2) is 37.9 Å². The van der Waals surface area contributed by atoms with Crippen LogP contribution in [0.5, 0.6) is 5.75 Å². The van der Waals surface area contributed by atoms with E-state index in [1.165, 1.54) is 0 Å². The van der Waals surface area contributed by atoms with Crippen molar-refractivity contribution in [2.45, 2.75) is 38.0 Å². The Morgan fingerprint density at radius 2 is 1.78 bits per heavy atom. The molecule has 4 N–H and O–H groups in total. The predicted octanol–water partition coefficient (Wildman–Crippen LogP) is 4.30. The van der Waals surface area contributed by atoms with Crippen molar-refractivity contribution in [3.8, 4) is 28.0 Å². The molecule has 0 saturated heterocycles. The number of benzene rings is 2. The van der Waals surface area contributed by atoms with Crippen LogP contribution in [0.15, 0.2) is 73.2 Å². The van der Waals surface area contributed by atoms with Crippen LogP contribution in [0.3, 0.4) is 0 Å². The smallest absolute Gasteiger partial charge is 0.255 e. The normalized spacial score (nSPS) is 17.2. The molecule has 1 aliphatic rings. The van der Waals surface area contributed by atoms with E-state index in [0.717, 1.165) is 47.1 Å². The topological polar surface area (TPSA) is 115 Å². The maximum atomic E-state index is 13.1. The summed E-state index contributed by atoms with van der Waals surface area (Å²) in [6.45, 7) is 0.465. The number of aromatic nitrogens is 3. The molecule has 2 heterocycles. The van der Waals surface area contributed by atoms with Gasteiger partial charge in [0.15, 0.2) is 0 Å². The number of ether oxygens (including phenoxy) is 1. The Hall–Kier alpha value is -4.17. The number of rotatable bonds is 7. The molecule has 0 aliphatic heterocycles. The molecule has 8 nitrogen and oxygen atoms in total. The number of phenolic OH excluding ortho intramolecular Hbond substituents is 1. The fourth-order valence-electron chi connectivity index (χ4n) is 4.57. The van der Waals surface area contributed by atoms with Crippen molar-refractivity contribution in [3.63, 3.8) is 0 Å². The van der Waals surface area contributed by atoms with E-state index in [4.69, 9.17) is 10.5 Å². The lowest BCUT2D eigenvalue weighted by atomic mass is 10.0. The number of anilines is 1. The maximum absolute atomic E-state index is 13.1. The highest BCUT2D eigenvalue weighted by molar-refractivity contribution is 5.99. The summed E-state index contributed by atoms with van der Waals surface area (Å²) < 4.78 is 7.92. The van der Waals surface area contributed by atoms with Crippen LogP contribution < -0.4 is 11.1 Å². The molecule has 1 amide bonds. The van der Waals surface area contributed by atoms with Crippen molar-refractivity contribution in [1.82, 2.24) is 20.1 Å².